The van der Waals surface area contributed by atoms with Crippen LogP contribution in [0.25, 0.3) is 0 Å². The molecule has 0 rings (SSSR count). The van der Waals surface area contributed by atoms with Crippen molar-refractivity contribution in [3.63, 3.8) is 0 Å². The highest BCUT2D eigenvalue weighted by molar-refractivity contribution is 6.22. The standard InChI is InChI=1S/C9H16ClNO2/c1-8(2)6-12-3-4-13-7-9(10)5-11/h8-9H,3-4,6-7H2,1-2H3. The molecule has 0 amide bonds. The van der Waals surface area contributed by atoms with Crippen LogP contribution in [0.5, 0.6) is 0 Å². The van der Waals surface area contributed by atoms with Crippen molar-refractivity contribution in [1.29, 1.82) is 5.26 Å². The van der Waals surface area contributed by atoms with Crippen LogP contribution < -0.4 is 0 Å². The van der Waals surface area contributed by atoms with Crippen LogP contribution in [0.1, 0.15) is 13.8 Å². The highest BCUT2D eigenvalue weighted by Gasteiger charge is 2.00. The van der Waals surface area contributed by atoms with Crippen LogP contribution in [0.2, 0.25) is 0 Å². The van der Waals surface area contributed by atoms with Gasteiger partial charge in [0.1, 0.15) is 5.38 Å². The molecule has 0 aromatic heterocycles. The van der Waals surface area contributed by atoms with Crippen LogP contribution in [0, 0.1) is 17.2 Å². The fourth-order valence-corrected chi connectivity index (χ4v) is 0.750. The van der Waals surface area contributed by atoms with E-state index in [1.807, 2.05) is 6.07 Å². The number of rotatable bonds is 7. The average Bonchev–Trinajstić information content (AvgIpc) is 2.10. The molecule has 0 aliphatic carbocycles. The van der Waals surface area contributed by atoms with E-state index in [0.29, 0.717) is 19.1 Å². The maximum absolute atomic E-state index is 8.32. The second-order valence-corrected chi connectivity index (χ2v) is 3.67. The average molecular weight is 206 g/mol. The molecule has 0 aromatic rings. The zero-order chi connectivity index (χ0) is 10.1. The Bertz CT molecular complexity index is 156. The Hall–Kier alpha value is -0.300. The van der Waals surface area contributed by atoms with E-state index in [0.717, 1.165) is 6.61 Å². The van der Waals surface area contributed by atoms with Gasteiger partial charge >= 0.3 is 0 Å². The topological polar surface area (TPSA) is 42.2 Å². The van der Waals surface area contributed by atoms with Crippen LogP contribution in [-0.2, 0) is 9.47 Å². The van der Waals surface area contributed by atoms with Crippen LogP contribution >= 0.6 is 11.6 Å². The van der Waals surface area contributed by atoms with Gasteiger partial charge in [-0.15, -0.1) is 11.6 Å². The van der Waals surface area contributed by atoms with Crippen LogP contribution in [0.4, 0.5) is 0 Å². The Balaban J connectivity index is 3.05. The van der Waals surface area contributed by atoms with Gasteiger partial charge in [-0.3, -0.25) is 0 Å². The van der Waals surface area contributed by atoms with E-state index >= 15 is 0 Å². The summed E-state index contributed by atoms with van der Waals surface area (Å²) < 4.78 is 10.3. The summed E-state index contributed by atoms with van der Waals surface area (Å²) in [6, 6.07) is 1.87. The molecule has 1 atom stereocenters. The van der Waals surface area contributed by atoms with Crippen molar-refractivity contribution < 1.29 is 9.47 Å². The van der Waals surface area contributed by atoms with Gasteiger partial charge in [0, 0.05) is 6.61 Å². The molecule has 4 heteroatoms. The third kappa shape index (κ3) is 9.62. The predicted octanol–water partition coefficient (Wildman–Crippen LogP) is 1.81. The fourth-order valence-electron chi connectivity index (χ4n) is 0.661. The third-order valence-electron chi connectivity index (χ3n) is 1.23. The molecule has 0 saturated heterocycles. The summed E-state index contributed by atoms with van der Waals surface area (Å²) in [7, 11) is 0. The van der Waals surface area contributed by atoms with Gasteiger partial charge in [-0.2, -0.15) is 5.26 Å². The van der Waals surface area contributed by atoms with E-state index < -0.39 is 5.38 Å². The Morgan fingerprint density at radius 1 is 1.23 bits per heavy atom. The first-order valence-corrected chi connectivity index (χ1v) is 4.79. The molecular weight excluding hydrogens is 190 g/mol. The zero-order valence-corrected chi connectivity index (χ0v) is 8.88. The number of nitrogens with zero attached hydrogens (tertiary/aromatic N) is 1. The molecule has 76 valence electrons. The van der Waals surface area contributed by atoms with Crippen LogP contribution in [-0.4, -0.2) is 31.8 Å². The van der Waals surface area contributed by atoms with Crippen molar-refractivity contribution in [2.24, 2.45) is 5.92 Å². The number of hydrogen-bond donors (Lipinski definition) is 0. The number of halogens is 1. The predicted molar refractivity (Wildman–Crippen MR) is 51.7 cm³/mol. The number of alkyl halides is 1. The summed E-state index contributed by atoms with van der Waals surface area (Å²) in [5.41, 5.74) is 0. The van der Waals surface area contributed by atoms with Gasteiger partial charge in [0.15, 0.2) is 0 Å². The summed E-state index contributed by atoms with van der Waals surface area (Å²) in [6.07, 6.45) is 0. The van der Waals surface area contributed by atoms with Gasteiger partial charge < -0.3 is 9.47 Å². The smallest absolute Gasteiger partial charge is 0.143 e. The van der Waals surface area contributed by atoms with Gasteiger partial charge in [0.25, 0.3) is 0 Å². The molecule has 0 aliphatic heterocycles. The molecule has 0 fully saturated rings. The second kappa shape index (κ2) is 8.31. The first kappa shape index (κ1) is 12.7. The Morgan fingerprint density at radius 2 is 1.77 bits per heavy atom. The molecule has 13 heavy (non-hydrogen) atoms. The van der Waals surface area contributed by atoms with E-state index in [-0.39, 0.29) is 6.61 Å². The van der Waals surface area contributed by atoms with Gasteiger partial charge in [-0.25, -0.2) is 0 Å². The minimum atomic E-state index is -0.551. The number of ether oxygens (including phenoxy) is 2. The lowest BCUT2D eigenvalue weighted by atomic mass is 10.2. The Kier molecular flexibility index (Phi) is 8.11. The lowest BCUT2D eigenvalue weighted by Gasteiger charge is -2.07. The minimum Gasteiger partial charge on any atom is -0.379 e. The second-order valence-electron chi connectivity index (χ2n) is 3.14. The molecule has 1 unspecified atom stereocenters. The quantitative estimate of drug-likeness (QED) is 0.470. The lowest BCUT2D eigenvalue weighted by Crippen LogP contribution is -2.12. The van der Waals surface area contributed by atoms with E-state index in [9.17, 15) is 0 Å². The van der Waals surface area contributed by atoms with Gasteiger partial charge in [0.05, 0.1) is 25.9 Å². The van der Waals surface area contributed by atoms with E-state index in [4.69, 9.17) is 26.3 Å². The summed E-state index contributed by atoms with van der Waals surface area (Å²) in [5.74, 6) is 0.542. The van der Waals surface area contributed by atoms with Crippen LogP contribution in [0.3, 0.4) is 0 Å². The summed E-state index contributed by atoms with van der Waals surface area (Å²) in [5, 5.41) is 7.77. The lowest BCUT2D eigenvalue weighted by molar-refractivity contribution is 0.0402. The first-order valence-electron chi connectivity index (χ1n) is 4.36. The molecule has 0 aromatic carbocycles. The van der Waals surface area contributed by atoms with E-state index in [2.05, 4.69) is 13.8 Å². The van der Waals surface area contributed by atoms with Crippen LogP contribution in [0.15, 0.2) is 0 Å². The van der Waals surface area contributed by atoms with Gasteiger partial charge in [0.2, 0.25) is 0 Å². The van der Waals surface area contributed by atoms with Crippen molar-refractivity contribution in [3.8, 4) is 6.07 Å². The molecule has 0 heterocycles. The largest absolute Gasteiger partial charge is 0.379 e. The fraction of sp³-hybridized carbons (Fsp3) is 0.889. The molecular formula is C9H16ClNO2. The van der Waals surface area contributed by atoms with Crippen molar-refractivity contribution in [1.82, 2.24) is 0 Å². The molecule has 0 radical (unpaired) electrons. The van der Waals surface area contributed by atoms with Gasteiger partial charge in [-0.05, 0) is 5.92 Å². The normalized spacial score (nSPS) is 12.8. The summed E-state index contributed by atoms with van der Waals surface area (Å²) >= 11 is 5.50. The maximum atomic E-state index is 8.32. The Morgan fingerprint density at radius 3 is 2.23 bits per heavy atom. The zero-order valence-electron chi connectivity index (χ0n) is 8.12. The Labute approximate surface area is 84.6 Å². The van der Waals surface area contributed by atoms with Crippen molar-refractivity contribution in [2.75, 3.05) is 26.4 Å². The molecule has 3 nitrogen and oxygen atoms in total. The van der Waals surface area contributed by atoms with Crippen molar-refractivity contribution >= 4 is 11.6 Å². The minimum absolute atomic E-state index is 0.267. The van der Waals surface area contributed by atoms with Crippen molar-refractivity contribution in [2.45, 2.75) is 19.2 Å². The third-order valence-corrected chi connectivity index (χ3v) is 1.45. The highest BCUT2D eigenvalue weighted by atomic mass is 35.5. The van der Waals surface area contributed by atoms with E-state index in [1.54, 1.807) is 0 Å². The SMILES string of the molecule is CC(C)COCCOCC(Cl)C#N. The summed E-state index contributed by atoms with van der Waals surface area (Å²) in [6.45, 7) is 6.25. The van der Waals surface area contributed by atoms with E-state index in [1.165, 1.54) is 0 Å². The molecule has 0 spiro atoms. The first-order chi connectivity index (χ1) is 6.16. The monoisotopic (exact) mass is 205 g/mol. The molecule has 0 aliphatic rings. The molecule has 0 saturated carbocycles. The maximum Gasteiger partial charge on any atom is 0.143 e. The molecule has 0 bridgehead atoms. The number of hydrogen-bond acceptors (Lipinski definition) is 3. The summed E-state index contributed by atoms with van der Waals surface area (Å²) in [4.78, 5) is 0. The van der Waals surface area contributed by atoms with Crippen molar-refractivity contribution in [3.05, 3.63) is 0 Å². The molecule has 0 N–H and O–H groups in total. The van der Waals surface area contributed by atoms with Gasteiger partial charge in [-0.1, -0.05) is 13.8 Å². The highest BCUT2D eigenvalue weighted by Crippen LogP contribution is 1.95. The number of nitriles is 1.